The first-order valence-corrected chi connectivity index (χ1v) is 5.22. The number of hydrogen-bond acceptors (Lipinski definition) is 3. The Morgan fingerprint density at radius 3 is 2.88 bits per heavy atom. The molecule has 2 N–H and O–H groups in total. The molecule has 0 radical (unpaired) electrons. The van der Waals surface area contributed by atoms with Crippen LogP contribution in [-0.2, 0) is 11.3 Å². The predicted octanol–water partition coefficient (Wildman–Crippen LogP) is 0.338. The second-order valence-corrected chi connectivity index (χ2v) is 3.40. The van der Waals surface area contributed by atoms with Gasteiger partial charge in [0.15, 0.2) is 0 Å². The molecule has 4 heteroatoms. The third-order valence-corrected chi connectivity index (χ3v) is 2.17. The van der Waals surface area contributed by atoms with Crippen molar-refractivity contribution in [3.8, 4) is 12.3 Å². The Bertz CT molecular complexity index is 435. The summed E-state index contributed by atoms with van der Waals surface area (Å²) in [5.41, 5.74) is 1.50. The van der Waals surface area contributed by atoms with Crippen molar-refractivity contribution < 1.29 is 9.59 Å². The van der Waals surface area contributed by atoms with Crippen molar-refractivity contribution >= 4 is 12.2 Å². The number of carbonyl (C=O) groups is 2. The van der Waals surface area contributed by atoms with Crippen molar-refractivity contribution in [3.63, 3.8) is 0 Å². The minimum atomic E-state index is -0.161. The molecular formula is C13H14N2O2. The van der Waals surface area contributed by atoms with Gasteiger partial charge < -0.3 is 10.6 Å². The van der Waals surface area contributed by atoms with Crippen molar-refractivity contribution in [1.82, 2.24) is 10.6 Å². The molecule has 0 heterocycles. The van der Waals surface area contributed by atoms with Crippen LogP contribution in [0.15, 0.2) is 24.3 Å². The van der Waals surface area contributed by atoms with E-state index in [1.54, 1.807) is 12.1 Å². The Morgan fingerprint density at radius 2 is 2.18 bits per heavy atom. The highest BCUT2D eigenvalue weighted by Gasteiger charge is 2.02. The first-order chi connectivity index (χ1) is 8.27. The van der Waals surface area contributed by atoms with Gasteiger partial charge in [-0.05, 0) is 5.56 Å². The van der Waals surface area contributed by atoms with Gasteiger partial charge in [0.1, 0.15) is 6.29 Å². The van der Waals surface area contributed by atoms with Gasteiger partial charge in [0.2, 0.25) is 5.91 Å². The Labute approximate surface area is 100 Å². The van der Waals surface area contributed by atoms with Crippen LogP contribution in [0.1, 0.15) is 15.9 Å². The van der Waals surface area contributed by atoms with E-state index in [9.17, 15) is 9.59 Å². The largest absolute Gasteiger partial charge is 0.344 e. The van der Waals surface area contributed by atoms with E-state index in [-0.39, 0.29) is 19.0 Å². The summed E-state index contributed by atoms with van der Waals surface area (Å²) in [5, 5.41) is 5.49. The zero-order valence-electron chi connectivity index (χ0n) is 9.40. The number of hydrogen-bond donors (Lipinski definition) is 2. The van der Waals surface area contributed by atoms with Gasteiger partial charge in [0.25, 0.3) is 0 Å². The Balaban J connectivity index is 2.38. The second-order valence-electron chi connectivity index (χ2n) is 3.40. The molecule has 0 saturated carbocycles. The first-order valence-electron chi connectivity index (χ1n) is 5.22. The van der Waals surface area contributed by atoms with Gasteiger partial charge >= 0.3 is 0 Å². The fraction of sp³-hybridized carbons (Fsp3) is 0.231. The summed E-state index contributed by atoms with van der Waals surface area (Å²) < 4.78 is 0. The molecule has 0 unspecified atom stereocenters. The number of aldehydes is 1. The molecule has 1 aromatic rings. The smallest absolute Gasteiger partial charge is 0.234 e. The van der Waals surface area contributed by atoms with E-state index in [0.29, 0.717) is 12.1 Å². The summed E-state index contributed by atoms with van der Waals surface area (Å²) >= 11 is 0. The zero-order valence-corrected chi connectivity index (χ0v) is 9.40. The summed E-state index contributed by atoms with van der Waals surface area (Å²) in [6.07, 6.45) is 5.81. The van der Waals surface area contributed by atoms with Crippen LogP contribution in [0.2, 0.25) is 0 Å². The van der Waals surface area contributed by atoms with Gasteiger partial charge in [-0.1, -0.05) is 30.2 Å². The number of carbonyl (C=O) groups excluding carboxylic acids is 2. The molecule has 4 nitrogen and oxygen atoms in total. The average Bonchev–Trinajstić information content (AvgIpc) is 2.37. The van der Waals surface area contributed by atoms with E-state index in [0.717, 1.165) is 11.8 Å². The summed E-state index contributed by atoms with van der Waals surface area (Å²) in [7, 11) is 0. The van der Waals surface area contributed by atoms with Crippen molar-refractivity contribution in [2.45, 2.75) is 6.54 Å². The summed E-state index contributed by atoms with van der Waals surface area (Å²) in [6.45, 7) is 0.874. The molecule has 0 aliphatic carbocycles. The molecule has 0 aliphatic rings. The van der Waals surface area contributed by atoms with E-state index in [1.165, 1.54) is 0 Å². The van der Waals surface area contributed by atoms with E-state index in [4.69, 9.17) is 6.42 Å². The van der Waals surface area contributed by atoms with Gasteiger partial charge in [-0.25, -0.2) is 0 Å². The normalized spacial score (nSPS) is 9.35. The van der Waals surface area contributed by atoms with Crippen molar-refractivity contribution in [2.24, 2.45) is 0 Å². The average molecular weight is 230 g/mol. The maximum Gasteiger partial charge on any atom is 0.234 e. The molecule has 0 saturated heterocycles. The van der Waals surface area contributed by atoms with E-state index in [2.05, 4.69) is 16.6 Å². The lowest BCUT2D eigenvalue weighted by Gasteiger charge is -2.06. The van der Waals surface area contributed by atoms with E-state index >= 15 is 0 Å². The number of amides is 1. The highest BCUT2D eigenvalue weighted by Crippen LogP contribution is 2.04. The van der Waals surface area contributed by atoms with E-state index in [1.807, 2.05) is 12.1 Å². The molecule has 17 heavy (non-hydrogen) atoms. The first kappa shape index (κ1) is 12.9. The summed E-state index contributed by atoms with van der Waals surface area (Å²) in [5.74, 6) is 2.16. The van der Waals surface area contributed by atoms with Gasteiger partial charge in [0.05, 0.1) is 13.1 Å². The van der Waals surface area contributed by atoms with Gasteiger partial charge in [-0.2, -0.15) is 0 Å². The molecular weight excluding hydrogens is 216 g/mol. The minimum Gasteiger partial charge on any atom is -0.344 e. The highest BCUT2D eigenvalue weighted by atomic mass is 16.1. The molecule has 88 valence electrons. The Morgan fingerprint density at radius 1 is 1.41 bits per heavy atom. The topological polar surface area (TPSA) is 58.2 Å². The quantitative estimate of drug-likeness (QED) is 0.547. The molecule has 0 aromatic heterocycles. The van der Waals surface area contributed by atoms with Gasteiger partial charge in [-0.3, -0.25) is 9.59 Å². The SMILES string of the molecule is C#CCNC(=O)CNCc1ccccc1C=O. The summed E-state index contributed by atoms with van der Waals surface area (Å²) in [4.78, 5) is 21.9. The fourth-order valence-corrected chi connectivity index (χ4v) is 1.33. The fourth-order valence-electron chi connectivity index (χ4n) is 1.33. The van der Waals surface area contributed by atoms with Crippen LogP contribution in [0.3, 0.4) is 0 Å². The molecule has 0 fully saturated rings. The number of terminal acetylenes is 1. The third kappa shape index (κ3) is 4.49. The van der Waals surface area contributed by atoms with Crippen LogP contribution < -0.4 is 10.6 Å². The Hall–Kier alpha value is -2.12. The highest BCUT2D eigenvalue weighted by molar-refractivity contribution is 5.78. The standard InChI is InChI=1S/C13H14N2O2/c1-2-7-15-13(17)9-14-8-11-5-3-4-6-12(11)10-16/h1,3-6,10,14H,7-9H2,(H,15,17). The lowest BCUT2D eigenvalue weighted by Crippen LogP contribution is -2.33. The monoisotopic (exact) mass is 230 g/mol. The molecule has 1 rings (SSSR count). The molecule has 0 bridgehead atoms. The molecule has 0 spiro atoms. The minimum absolute atomic E-state index is 0.161. The lowest BCUT2D eigenvalue weighted by molar-refractivity contribution is -0.120. The number of rotatable bonds is 6. The summed E-state index contributed by atoms with van der Waals surface area (Å²) in [6, 6.07) is 7.23. The molecule has 1 aromatic carbocycles. The van der Waals surface area contributed by atoms with Crippen molar-refractivity contribution in [2.75, 3.05) is 13.1 Å². The van der Waals surface area contributed by atoms with Crippen LogP contribution in [0, 0.1) is 12.3 Å². The van der Waals surface area contributed by atoms with Crippen molar-refractivity contribution in [3.05, 3.63) is 35.4 Å². The third-order valence-electron chi connectivity index (χ3n) is 2.17. The van der Waals surface area contributed by atoms with Gasteiger partial charge in [0, 0.05) is 12.1 Å². The predicted molar refractivity (Wildman–Crippen MR) is 65.4 cm³/mol. The molecule has 0 aliphatic heterocycles. The zero-order chi connectivity index (χ0) is 12.5. The van der Waals surface area contributed by atoms with Crippen LogP contribution >= 0.6 is 0 Å². The van der Waals surface area contributed by atoms with Crippen molar-refractivity contribution in [1.29, 1.82) is 0 Å². The van der Waals surface area contributed by atoms with Gasteiger partial charge in [-0.15, -0.1) is 6.42 Å². The van der Waals surface area contributed by atoms with Crippen LogP contribution in [-0.4, -0.2) is 25.3 Å². The Kier molecular flexibility index (Phi) is 5.49. The van der Waals surface area contributed by atoms with E-state index < -0.39 is 0 Å². The second kappa shape index (κ2) is 7.20. The number of benzene rings is 1. The van der Waals surface area contributed by atoms with Crippen LogP contribution in [0.5, 0.6) is 0 Å². The van der Waals surface area contributed by atoms with Crippen LogP contribution in [0.4, 0.5) is 0 Å². The number of nitrogens with one attached hydrogen (secondary N) is 2. The maximum atomic E-state index is 11.2. The maximum absolute atomic E-state index is 11.2. The van der Waals surface area contributed by atoms with Crippen LogP contribution in [0.25, 0.3) is 0 Å². The molecule has 1 amide bonds. The lowest BCUT2D eigenvalue weighted by atomic mass is 10.1. The molecule has 0 atom stereocenters.